The van der Waals surface area contributed by atoms with E-state index in [1.807, 2.05) is 14.0 Å². The molecule has 0 aliphatic carbocycles. The Morgan fingerprint density at radius 3 is 3.00 bits per heavy atom. The van der Waals surface area contributed by atoms with E-state index in [-0.39, 0.29) is 24.0 Å². The van der Waals surface area contributed by atoms with Crippen LogP contribution in [0.2, 0.25) is 0 Å². The number of guanidine groups is 1. The highest BCUT2D eigenvalue weighted by Gasteiger charge is 2.18. The Hall–Kier alpha value is -0.410. The fraction of sp³-hybridized carbons (Fsp3) is 0.714. The monoisotopic (exact) mass is 424 g/mol. The van der Waals surface area contributed by atoms with Crippen LogP contribution < -0.4 is 5.32 Å². The molecule has 5 nitrogen and oxygen atoms in total. The predicted molar refractivity (Wildman–Crippen MR) is 98.9 cm³/mol. The summed E-state index contributed by atoms with van der Waals surface area (Å²) in [5, 5.41) is 6.65. The first-order valence-corrected chi connectivity index (χ1v) is 7.97. The van der Waals surface area contributed by atoms with Gasteiger partial charge in [0.1, 0.15) is 0 Å². The van der Waals surface area contributed by atoms with E-state index in [1.165, 1.54) is 0 Å². The molecular weight excluding hydrogens is 399 g/mol. The third-order valence-electron chi connectivity index (χ3n) is 3.46. The van der Waals surface area contributed by atoms with Gasteiger partial charge in [0, 0.05) is 51.5 Å². The number of aliphatic imine (C=N–C) groups is 1. The molecule has 21 heavy (non-hydrogen) atoms. The van der Waals surface area contributed by atoms with Gasteiger partial charge in [-0.15, -0.1) is 35.3 Å². The highest BCUT2D eigenvalue weighted by atomic mass is 127. The van der Waals surface area contributed by atoms with Crippen LogP contribution in [0.3, 0.4) is 0 Å². The standard InChI is InChI=1S/C14H24N4OS.HI/c1-11-17-13(10-20-11)4-6-16-14(15-2)18(3)8-12-5-7-19-9-12;/h10,12H,4-9H2,1-3H3,(H,15,16);1H. The van der Waals surface area contributed by atoms with E-state index in [9.17, 15) is 0 Å². The zero-order valence-corrected chi connectivity index (χ0v) is 16.1. The molecule has 0 radical (unpaired) electrons. The summed E-state index contributed by atoms with van der Waals surface area (Å²) in [6.45, 7) is 5.67. The lowest BCUT2D eigenvalue weighted by molar-refractivity contribution is 0.181. The summed E-state index contributed by atoms with van der Waals surface area (Å²) < 4.78 is 5.42. The van der Waals surface area contributed by atoms with Crippen LogP contribution in [0.1, 0.15) is 17.1 Å². The molecule has 120 valence electrons. The maximum absolute atomic E-state index is 5.42. The number of nitrogens with one attached hydrogen (secondary N) is 1. The zero-order valence-electron chi connectivity index (χ0n) is 13.0. The third kappa shape index (κ3) is 6.07. The van der Waals surface area contributed by atoms with Gasteiger partial charge in [0.05, 0.1) is 17.3 Å². The predicted octanol–water partition coefficient (Wildman–Crippen LogP) is 2.16. The van der Waals surface area contributed by atoms with E-state index in [0.717, 1.165) is 55.8 Å². The fourth-order valence-electron chi connectivity index (χ4n) is 2.41. The topological polar surface area (TPSA) is 49.8 Å². The SMILES string of the molecule is CN=C(NCCc1csc(C)n1)N(C)CC1CCOC1.I. The number of nitrogens with zero attached hydrogens (tertiary/aromatic N) is 3. The average Bonchev–Trinajstić information content (AvgIpc) is 3.06. The second kappa shape index (κ2) is 9.58. The van der Waals surface area contributed by atoms with Crippen molar-refractivity contribution in [3.8, 4) is 0 Å². The lowest BCUT2D eigenvalue weighted by Crippen LogP contribution is -2.42. The Kier molecular flexibility index (Phi) is 8.50. The molecule has 0 amide bonds. The first kappa shape index (κ1) is 18.6. The normalized spacial score (nSPS) is 18.4. The molecule has 0 bridgehead atoms. The summed E-state index contributed by atoms with van der Waals surface area (Å²) in [6, 6.07) is 0. The number of aryl methyl sites for hydroxylation is 1. The van der Waals surface area contributed by atoms with E-state index in [0.29, 0.717) is 5.92 Å². The molecule has 1 atom stereocenters. The van der Waals surface area contributed by atoms with E-state index in [1.54, 1.807) is 11.3 Å². The molecule has 1 aromatic heterocycles. The molecule has 7 heteroatoms. The molecule has 1 fully saturated rings. The van der Waals surface area contributed by atoms with Gasteiger partial charge in [0.2, 0.25) is 0 Å². The van der Waals surface area contributed by atoms with Gasteiger partial charge < -0.3 is 15.0 Å². The highest BCUT2D eigenvalue weighted by Crippen LogP contribution is 2.13. The molecule has 1 aromatic rings. The number of hydrogen-bond acceptors (Lipinski definition) is 4. The quantitative estimate of drug-likeness (QED) is 0.447. The Bertz CT molecular complexity index is 446. The van der Waals surface area contributed by atoms with Crippen molar-refractivity contribution in [3.05, 3.63) is 16.1 Å². The van der Waals surface area contributed by atoms with Gasteiger partial charge in [-0.3, -0.25) is 4.99 Å². The number of ether oxygens (including phenoxy) is 1. The van der Waals surface area contributed by atoms with Crippen molar-refractivity contribution in [2.45, 2.75) is 19.8 Å². The van der Waals surface area contributed by atoms with Gasteiger partial charge in [0.15, 0.2) is 5.96 Å². The number of rotatable bonds is 5. The first-order valence-electron chi connectivity index (χ1n) is 7.09. The lowest BCUT2D eigenvalue weighted by Gasteiger charge is -2.24. The summed E-state index contributed by atoms with van der Waals surface area (Å²) in [4.78, 5) is 11.0. The van der Waals surface area contributed by atoms with Gasteiger partial charge in [-0.05, 0) is 13.3 Å². The minimum absolute atomic E-state index is 0. The third-order valence-corrected chi connectivity index (χ3v) is 4.28. The van der Waals surface area contributed by atoms with Crippen molar-refractivity contribution >= 4 is 41.3 Å². The molecule has 0 saturated carbocycles. The molecule has 0 spiro atoms. The summed E-state index contributed by atoms with van der Waals surface area (Å²) >= 11 is 1.70. The van der Waals surface area contributed by atoms with Crippen molar-refractivity contribution in [2.24, 2.45) is 10.9 Å². The highest BCUT2D eigenvalue weighted by molar-refractivity contribution is 14.0. The van der Waals surface area contributed by atoms with Crippen molar-refractivity contribution in [1.29, 1.82) is 0 Å². The van der Waals surface area contributed by atoms with Gasteiger partial charge in [-0.2, -0.15) is 0 Å². The molecule has 1 aliphatic rings. The summed E-state index contributed by atoms with van der Waals surface area (Å²) in [6.07, 6.45) is 2.09. The molecule has 2 heterocycles. The maximum Gasteiger partial charge on any atom is 0.193 e. The van der Waals surface area contributed by atoms with Crippen LogP contribution in [0.4, 0.5) is 0 Å². The Morgan fingerprint density at radius 2 is 2.43 bits per heavy atom. The minimum Gasteiger partial charge on any atom is -0.381 e. The summed E-state index contributed by atoms with van der Waals surface area (Å²) in [5.74, 6) is 1.57. The zero-order chi connectivity index (χ0) is 14.4. The molecule has 1 saturated heterocycles. The molecule has 1 unspecified atom stereocenters. The van der Waals surface area contributed by atoms with Gasteiger partial charge in [-0.25, -0.2) is 4.98 Å². The number of hydrogen-bond donors (Lipinski definition) is 1. The molecular formula is C14H25IN4OS. The summed E-state index contributed by atoms with van der Waals surface area (Å²) in [7, 11) is 3.91. The fourth-order valence-corrected chi connectivity index (χ4v) is 3.06. The minimum atomic E-state index is 0. The van der Waals surface area contributed by atoms with Crippen LogP contribution in [-0.2, 0) is 11.2 Å². The Morgan fingerprint density at radius 1 is 1.62 bits per heavy atom. The Labute approximate surface area is 148 Å². The van der Waals surface area contributed by atoms with Crippen LogP contribution in [0, 0.1) is 12.8 Å². The van der Waals surface area contributed by atoms with Crippen LogP contribution in [-0.4, -0.2) is 56.2 Å². The average molecular weight is 424 g/mol. The van der Waals surface area contributed by atoms with Gasteiger partial charge >= 0.3 is 0 Å². The van der Waals surface area contributed by atoms with Crippen molar-refractivity contribution < 1.29 is 4.74 Å². The number of aromatic nitrogens is 1. The van der Waals surface area contributed by atoms with Crippen molar-refractivity contribution in [2.75, 3.05) is 40.4 Å². The summed E-state index contributed by atoms with van der Waals surface area (Å²) in [5.41, 5.74) is 1.15. The van der Waals surface area contributed by atoms with Crippen LogP contribution in [0.5, 0.6) is 0 Å². The van der Waals surface area contributed by atoms with Gasteiger partial charge in [0.25, 0.3) is 0 Å². The molecule has 1 aliphatic heterocycles. The molecule has 1 N–H and O–H groups in total. The smallest absolute Gasteiger partial charge is 0.193 e. The maximum atomic E-state index is 5.42. The van der Waals surface area contributed by atoms with Crippen LogP contribution in [0.25, 0.3) is 0 Å². The van der Waals surface area contributed by atoms with E-state index in [2.05, 4.69) is 32.6 Å². The van der Waals surface area contributed by atoms with Gasteiger partial charge in [-0.1, -0.05) is 0 Å². The Balaban J connectivity index is 0.00000220. The van der Waals surface area contributed by atoms with Crippen molar-refractivity contribution in [3.63, 3.8) is 0 Å². The first-order chi connectivity index (χ1) is 9.69. The number of halogens is 1. The van der Waals surface area contributed by atoms with Crippen LogP contribution >= 0.6 is 35.3 Å². The van der Waals surface area contributed by atoms with E-state index < -0.39 is 0 Å². The van der Waals surface area contributed by atoms with Crippen molar-refractivity contribution in [1.82, 2.24) is 15.2 Å². The second-order valence-corrected chi connectivity index (χ2v) is 6.25. The lowest BCUT2D eigenvalue weighted by atomic mass is 10.1. The number of thiazole rings is 1. The largest absolute Gasteiger partial charge is 0.381 e. The molecule has 2 rings (SSSR count). The molecule has 0 aromatic carbocycles. The van der Waals surface area contributed by atoms with Crippen LogP contribution in [0.15, 0.2) is 10.4 Å². The second-order valence-electron chi connectivity index (χ2n) is 5.19. The van der Waals surface area contributed by atoms with E-state index >= 15 is 0 Å². The van der Waals surface area contributed by atoms with E-state index in [4.69, 9.17) is 4.74 Å².